The minimum atomic E-state index is -4.99. The van der Waals surface area contributed by atoms with Crippen molar-refractivity contribution in [2.24, 2.45) is 0 Å². The molecule has 0 radical (unpaired) electrons. The van der Waals surface area contributed by atoms with Crippen molar-refractivity contribution < 1.29 is 22.4 Å². The molecule has 5 aromatic rings. The van der Waals surface area contributed by atoms with Crippen LogP contribution in [-0.2, 0) is 6.18 Å². The van der Waals surface area contributed by atoms with E-state index < -0.39 is 29.2 Å². The van der Waals surface area contributed by atoms with E-state index in [1.54, 1.807) is 0 Å². The van der Waals surface area contributed by atoms with Gasteiger partial charge in [-0.05, 0) is 19.1 Å². The Bertz CT molecular complexity index is 1610. The van der Waals surface area contributed by atoms with Crippen molar-refractivity contribution in [3.63, 3.8) is 0 Å². The lowest BCUT2D eigenvalue weighted by Gasteiger charge is -2.15. The van der Waals surface area contributed by atoms with Crippen LogP contribution in [0.25, 0.3) is 22.3 Å². The number of alkyl halides is 3. The molecular formula is C22H13ClF4N8O. The zero-order chi connectivity index (χ0) is 25.6. The average Bonchev–Trinajstić information content (AvgIpc) is 3.51. The molecule has 1 N–H and O–H groups in total. The molecule has 0 aliphatic carbocycles. The molecule has 0 aliphatic rings. The topological polar surface area (TPSA) is 103 Å². The van der Waals surface area contributed by atoms with E-state index in [1.807, 2.05) is 0 Å². The summed E-state index contributed by atoms with van der Waals surface area (Å²) in [5, 5.41) is 14.3. The van der Waals surface area contributed by atoms with Crippen LogP contribution < -0.4 is 5.32 Å². The monoisotopic (exact) mass is 516 g/mol. The number of amides is 1. The van der Waals surface area contributed by atoms with E-state index in [2.05, 4.69) is 30.6 Å². The number of rotatable bonds is 4. The van der Waals surface area contributed by atoms with Gasteiger partial charge in [-0.15, -0.1) is 4.80 Å². The second-order valence-corrected chi connectivity index (χ2v) is 7.92. The van der Waals surface area contributed by atoms with Gasteiger partial charge < -0.3 is 5.32 Å². The third-order valence-corrected chi connectivity index (χ3v) is 5.52. The summed E-state index contributed by atoms with van der Waals surface area (Å²) < 4.78 is 57.2. The number of nitrogens with zero attached hydrogens (tertiary/aromatic N) is 7. The van der Waals surface area contributed by atoms with Gasteiger partial charge in [0.2, 0.25) is 0 Å². The number of pyridine rings is 2. The van der Waals surface area contributed by atoms with E-state index in [4.69, 9.17) is 11.6 Å². The van der Waals surface area contributed by atoms with Crippen LogP contribution in [0, 0.1) is 12.7 Å². The minimum absolute atomic E-state index is 0.00716. The Hall–Kier alpha value is -4.39. The van der Waals surface area contributed by atoms with Crippen molar-refractivity contribution >= 4 is 34.0 Å². The number of benzene rings is 1. The Morgan fingerprint density at radius 2 is 1.81 bits per heavy atom. The fourth-order valence-corrected chi connectivity index (χ4v) is 3.86. The maximum Gasteiger partial charge on any atom is 0.434 e. The second kappa shape index (κ2) is 8.68. The number of halogens is 5. The number of hydrogen-bond acceptors (Lipinski definition) is 6. The lowest BCUT2D eigenvalue weighted by molar-refractivity contribution is -0.143. The Kier molecular flexibility index (Phi) is 5.63. The maximum atomic E-state index is 14.2. The van der Waals surface area contributed by atoms with E-state index in [0.29, 0.717) is 4.68 Å². The number of aryl methyl sites for hydroxylation is 1. The summed E-state index contributed by atoms with van der Waals surface area (Å²) in [6, 6.07) is 5.28. The summed E-state index contributed by atoms with van der Waals surface area (Å²) >= 11 is 6.23. The number of fused-ring (bicyclic) bond motifs is 1. The van der Waals surface area contributed by atoms with Crippen LogP contribution in [0.4, 0.5) is 23.2 Å². The van der Waals surface area contributed by atoms with E-state index >= 15 is 0 Å². The Morgan fingerprint density at radius 1 is 1.06 bits per heavy atom. The standard InChI is InChI=1S/C22H13ClF4N8O/c1-11-17(7-15(23)20(32-11)35-29-5-6-30-35)33-21(36)14-9-31-34(19(14)22(25,26)27)18-10-28-8-13-12(18)3-2-4-16(13)24/h2-10H,1H3,(H,33,36). The fraction of sp³-hybridized carbons (Fsp3) is 0.0909. The van der Waals surface area contributed by atoms with E-state index in [-0.39, 0.29) is 38.7 Å². The first-order valence-electron chi connectivity index (χ1n) is 10.2. The number of nitrogens with one attached hydrogen (secondary N) is 1. The van der Waals surface area contributed by atoms with Gasteiger partial charge in [0.05, 0.1) is 52.4 Å². The molecule has 0 spiro atoms. The largest absolute Gasteiger partial charge is 0.434 e. The molecule has 9 nitrogen and oxygen atoms in total. The highest BCUT2D eigenvalue weighted by atomic mass is 35.5. The van der Waals surface area contributed by atoms with Gasteiger partial charge >= 0.3 is 6.18 Å². The van der Waals surface area contributed by atoms with Gasteiger partial charge in [0.15, 0.2) is 11.5 Å². The Labute approximate surface area is 204 Å². The molecule has 0 saturated carbocycles. The zero-order valence-electron chi connectivity index (χ0n) is 18.1. The molecule has 1 amide bonds. The predicted molar refractivity (Wildman–Crippen MR) is 121 cm³/mol. The zero-order valence-corrected chi connectivity index (χ0v) is 18.9. The van der Waals surface area contributed by atoms with Gasteiger partial charge in [0.1, 0.15) is 5.82 Å². The van der Waals surface area contributed by atoms with E-state index in [1.165, 1.54) is 43.7 Å². The highest BCUT2D eigenvalue weighted by Gasteiger charge is 2.41. The first-order chi connectivity index (χ1) is 17.1. The predicted octanol–water partition coefficient (Wildman–Crippen LogP) is 4.77. The molecular weight excluding hydrogens is 504 g/mol. The van der Waals surface area contributed by atoms with Crippen molar-refractivity contribution in [2.45, 2.75) is 13.1 Å². The third kappa shape index (κ3) is 4.02. The molecule has 1 aromatic carbocycles. The number of carbonyl (C=O) groups is 1. The van der Waals surface area contributed by atoms with Gasteiger partial charge in [-0.1, -0.05) is 23.7 Å². The van der Waals surface area contributed by atoms with Crippen molar-refractivity contribution in [3.05, 3.63) is 83.0 Å². The molecule has 0 saturated heterocycles. The summed E-state index contributed by atoms with van der Waals surface area (Å²) in [6.07, 6.45) is 0.933. The third-order valence-electron chi connectivity index (χ3n) is 5.24. The van der Waals surface area contributed by atoms with Gasteiger partial charge in [0, 0.05) is 17.0 Å². The molecule has 14 heteroatoms. The van der Waals surface area contributed by atoms with Gasteiger partial charge in [-0.2, -0.15) is 28.5 Å². The van der Waals surface area contributed by atoms with Crippen molar-refractivity contribution in [1.29, 1.82) is 0 Å². The summed E-state index contributed by atoms with van der Waals surface area (Å²) in [4.78, 5) is 22.2. The first-order valence-corrected chi connectivity index (χ1v) is 10.6. The van der Waals surface area contributed by atoms with Gasteiger partial charge in [0.25, 0.3) is 5.91 Å². The van der Waals surface area contributed by atoms with Gasteiger partial charge in [-0.3, -0.25) is 9.78 Å². The molecule has 4 aromatic heterocycles. The molecule has 0 atom stereocenters. The smallest absolute Gasteiger partial charge is 0.320 e. The van der Waals surface area contributed by atoms with Crippen molar-refractivity contribution in [3.8, 4) is 11.5 Å². The fourth-order valence-electron chi connectivity index (χ4n) is 3.63. The molecule has 0 fully saturated rings. The summed E-state index contributed by atoms with van der Waals surface area (Å²) in [7, 11) is 0. The summed E-state index contributed by atoms with van der Waals surface area (Å²) in [6.45, 7) is 1.53. The highest BCUT2D eigenvalue weighted by molar-refractivity contribution is 6.32. The first kappa shape index (κ1) is 23.4. The number of aromatic nitrogens is 7. The Morgan fingerprint density at radius 3 is 2.53 bits per heavy atom. The number of hydrogen-bond donors (Lipinski definition) is 1. The SMILES string of the molecule is Cc1nc(-n2nccn2)c(Cl)cc1NC(=O)c1cnn(-c2cncc3c(F)cccc23)c1C(F)(F)F. The van der Waals surface area contributed by atoms with Crippen LogP contribution in [0.2, 0.25) is 5.02 Å². The maximum absolute atomic E-state index is 14.2. The van der Waals surface area contributed by atoms with Gasteiger partial charge in [-0.25, -0.2) is 14.1 Å². The van der Waals surface area contributed by atoms with Crippen LogP contribution in [0.3, 0.4) is 0 Å². The van der Waals surface area contributed by atoms with Crippen LogP contribution in [0.5, 0.6) is 0 Å². The molecule has 4 heterocycles. The quantitative estimate of drug-likeness (QED) is 0.345. The van der Waals surface area contributed by atoms with Crippen molar-refractivity contribution in [1.82, 2.24) is 34.7 Å². The van der Waals surface area contributed by atoms with Crippen LogP contribution in [0.1, 0.15) is 21.7 Å². The number of anilines is 1. The van der Waals surface area contributed by atoms with Crippen molar-refractivity contribution in [2.75, 3.05) is 5.32 Å². The highest BCUT2D eigenvalue weighted by Crippen LogP contribution is 2.36. The second-order valence-electron chi connectivity index (χ2n) is 7.51. The molecule has 0 bridgehead atoms. The van der Waals surface area contributed by atoms with E-state index in [0.717, 1.165) is 23.3 Å². The molecule has 182 valence electrons. The van der Waals surface area contributed by atoms with Crippen LogP contribution in [-0.4, -0.2) is 40.6 Å². The normalized spacial score (nSPS) is 11.7. The molecule has 5 rings (SSSR count). The average molecular weight is 517 g/mol. The summed E-state index contributed by atoms with van der Waals surface area (Å²) in [5.74, 6) is -1.58. The molecule has 0 unspecified atom stereocenters. The van der Waals surface area contributed by atoms with E-state index in [9.17, 15) is 22.4 Å². The number of carbonyl (C=O) groups excluding carboxylic acids is 1. The lowest BCUT2D eigenvalue weighted by atomic mass is 10.1. The Balaban J connectivity index is 1.57. The van der Waals surface area contributed by atoms with Crippen LogP contribution >= 0.6 is 11.6 Å². The minimum Gasteiger partial charge on any atom is -0.320 e. The summed E-state index contributed by atoms with van der Waals surface area (Å²) in [5.41, 5.74) is -1.92. The molecule has 36 heavy (non-hydrogen) atoms. The lowest BCUT2D eigenvalue weighted by Crippen LogP contribution is -2.21. The molecule has 0 aliphatic heterocycles. The van der Waals surface area contributed by atoms with Crippen LogP contribution in [0.15, 0.2) is 55.2 Å².